The van der Waals surface area contributed by atoms with E-state index in [4.69, 9.17) is 23.2 Å². The van der Waals surface area contributed by atoms with E-state index in [1.54, 1.807) is 25.1 Å². The molecule has 0 bridgehead atoms. The second-order valence-corrected chi connectivity index (χ2v) is 3.58. The molecule has 0 saturated heterocycles. The predicted molar refractivity (Wildman–Crippen MR) is 52.9 cm³/mol. The molecule has 1 aromatic carbocycles. The van der Waals surface area contributed by atoms with Crippen LogP contribution in [0.2, 0.25) is 10.0 Å². The molecule has 13 heavy (non-hydrogen) atoms. The molecule has 0 heterocycles. The molecule has 2 nitrogen and oxygen atoms in total. The monoisotopic (exact) mass is 220 g/mol. The molecule has 0 aliphatic carbocycles. The van der Waals surface area contributed by atoms with Crippen molar-refractivity contribution < 1.29 is 10.2 Å². The number of benzene rings is 1. The quantitative estimate of drug-likeness (QED) is 0.753. The Kier molecular flexibility index (Phi) is 3.19. The summed E-state index contributed by atoms with van der Waals surface area (Å²) in [7, 11) is 0. The van der Waals surface area contributed by atoms with Crippen LogP contribution in [-0.2, 0) is 5.79 Å². The van der Waals surface area contributed by atoms with E-state index in [2.05, 4.69) is 0 Å². The molecule has 0 aromatic heterocycles. The molecule has 0 saturated carbocycles. The van der Waals surface area contributed by atoms with E-state index in [1.807, 2.05) is 0 Å². The summed E-state index contributed by atoms with van der Waals surface area (Å²) in [6, 6.07) is 4.79. The van der Waals surface area contributed by atoms with E-state index in [0.29, 0.717) is 0 Å². The van der Waals surface area contributed by atoms with E-state index in [1.165, 1.54) is 0 Å². The molecule has 0 aliphatic heterocycles. The van der Waals surface area contributed by atoms with Crippen LogP contribution >= 0.6 is 23.2 Å². The van der Waals surface area contributed by atoms with Crippen molar-refractivity contribution in [2.24, 2.45) is 0 Å². The summed E-state index contributed by atoms with van der Waals surface area (Å²) in [5.74, 6) is -1.95. The Morgan fingerprint density at radius 2 is 1.69 bits per heavy atom. The fraction of sp³-hybridized carbons (Fsp3) is 0.333. The molecule has 1 aromatic rings. The van der Waals surface area contributed by atoms with Gasteiger partial charge in [-0.25, -0.2) is 0 Å². The molecule has 0 spiro atoms. The van der Waals surface area contributed by atoms with Crippen LogP contribution < -0.4 is 0 Å². The first-order valence-corrected chi connectivity index (χ1v) is 4.64. The maximum atomic E-state index is 9.54. The smallest absolute Gasteiger partial charge is 0.192 e. The number of aliphatic hydroxyl groups is 2. The molecular formula is C9H10Cl2O2. The fourth-order valence-corrected chi connectivity index (χ4v) is 1.76. The Morgan fingerprint density at radius 3 is 2.08 bits per heavy atom. The molecule has 0 radical (unpaired) electrons. The predicted octanol–water partition coefficient (Wildman–Crippen LogP) is 2.54. The second kappa shape index (κ2) is 3.84. The van der Waals surface area contributed by atoms with Gasteiger partial charge < -0.3 is 10.2 Å². The maximum absolute atomic E-state index is 9.54. The fourth-order valence-electron chi connectivity index (χ4n) is 1.06. The maximum Gasteiger partial charge on any atom is 0.192 e. The van der Waals surface area contributed by atoms with Crippen LogP contribution in [0.5, 0.6) is 0 Å². The molecule has 0 aliphatic rings. The van der Waals surface area contributed by atoms with Crippen molar-refractivity contribution in [2.45, 2.75) is 19.1 Å². The van der Waals surface area contributed by atoms with Gasteiger partial charge in [-0.15, -0.1) is 0 Å². The average molecular weight is 221 g/mol. The molecule has 1 rings (SSSR count). The SMILES string of the molecule is CCC(O)(O)c1c(Cl)cccc1Cl. The van der Waals surface area contributed by atoms with Crippen LogP contribution in [0.4, 0.5) is 0 Å². The summed E-state index contributed by atoms with van der Waals surface area (Å²) in [6.45, 7) is 1.64. The number of halogens is 2. The van der Waals surface area contributed by atoms with Crippen molar-refractivity contribution in [2.75, 3.05) is 0 Å². The summed E-state index contributed by atoms with van der Waals surface area (Å²) in [5.41, 5.74) is 0.167. The molecule has 0 fully saturated rings. The topological polar surface area (TPSA) is 40.5 Å². The Hall–Kier alpha value is -0.280. The van der Waals surface area contributed by atoms with Gasteiger partial charge in [-0.3, -0.25) is 0 Å². The highest BCUT2D eigenvalue weighted by atomic mass is 35.5. The largest absolute Gasteiger partial charge is 0.362 e. The van der Waals surface area contributed by atoms with Crippen molar-refractivity contribution in [1.82, 2.24) is 0 Å². The van der Waals surface area contributed by atoms with Crippen LogP contribution in [0.25, 0.3) is 0 Å². The van der Waals surface area contributed by atoms with Crippen LogP contribution in [0.15, 0.2) is 18.2 Å². The molecule has 0 unspecified atom stereocenters. The Bertz CT molecular complexity index is 290. The van der Waals surface area contributed by atoms with Gasteiger partial charge in [-0.2, -0.15) is 0 Å². The van der Waals surface area contributed by atoms with Gasteiger partial charge in [0.2, 0.25) is 0 Å². The zero-order valence-electron chi connectivity index (χ0n) is 7.09. The zero-order chi connectivity index (χ0) is 10.1. The minimum Gasteiger partial charge on any atom is -0.362 e. The van der Waals surface area contributed by atoms with Crippen molar-refractivity contribution >= 4 is 23.2 Å². The van der Waals surface area contributed by atoms with E-state index >= 15 is 0 Å². The third-order valence-corrected chi connectivity index (χ3v) is 2.49. The summed E-state index contributed by atoms with van der Waals surface area (Å²) >= 11 is 11.6. The summed E-state index contributed by atoms with van der Waals surface area (Å²) in [6.07, 6.45) is 0.135. The van der Waals surface area contributed by atoms with Gasteiger partial charge in [-0.1, -0.05) is 36.2 Å². The number of hydrogen-bond donors (Lipinski definition) is 2. The van der Waals surface area contributed by atoms with Crippen LogP contribution in [0.1, 0.15) is 18.9 Å². The zero-order valence-corrected chi connectivity index (χ0v) is 8.60. The van der Waals surface area contributed by atoms with Gasteiger partial charge in [0.25, 0.3) is 0 Å². The van der Waals surface area contributed by atoms with Crippen LogP contribution in [-0.4, -0.2) is 10.2 Å². The highest BCUT2D eigenvalue weighted by molar-refractivity contribution is 6.36. The van der Waals surface area contributed by atoms with Gasteiger partial charge in [0, 0.05) is 12.0 Å². The van der Waals surface area contributed by atoms with Crippen molar-refractivity contribution in [3.8, 4) is 0 Å². The van der Waals surface area contributed by atoms with Gasteiger partial charge in [0.1, 0.15) is 0 Å². The molecule has 2 N–H and O–H groups in total. The first-order valence-electron chi connectivity index (χ1n) is 3.88. The lowest BCUT2D eigenvalue weighted by Gasteiger charge is -2.22. The lowest BCUT2D eigenvalue weighted by atomic mass is 10.0. The van der Waals surface area contributed by atoms with Gasteiger partial charge in [0.15, 0.2) is 5.79 Å². The summed E-state index contributed by atoms with van der Waals surface area (Å²) in [4.78, 5) is 0. The van der Waals surface area contributed by atoms with E-state index < -0.39 is 5.79 Å². The number of rotatable bonds is 2. The third kappa shape index (κ3) is 2.15. The number of hydrogen-bond acceptors (Lipinski definition) is 2. The molecule has 0 atom stereocenters. The van der Waals surface area contributed by atoms with E-state index in [0.717, 1.165) is 0 Å². The van der Waals surface area contributed by atoms with Gasteiger partial charge >= 0.3 is 0 Å². The van der Waals surface area contributed by atoms with Crippen molar-refractivity contribution in [3.63, 3.8) is 0 Å². The highest BCUT2D eigenvalue weighted by Crippen LogP contribution is 2.34. The second-order valence-electron chi connectivity index (χ2n) is 2.77. The normalized spacial score (nSPS) is 11.8. The van der Waals surface area contributed by atoms with Gasteiger partial charge in [-0.05, 0) is 12.1 Å². The molecular weight excluding hydrogens is 211 g/mol. The van der Waals surface area contributed by atoms with Crippen LogP contribution in [0.3, 0.4) is 0 Å². The van der Waals surface area contributed by atoms with Crippen molar-refractivity contribution in [3.05, 3.63) is 33.8 Å². The first-order chi connectivity index (χ1) is 5.99. The molecule has 72 valence electrons. The highest BCUT2D eigenvalue weighted by Gasteiger charge is 2.28. The van der Waals surface area contributed by atoms with E-state index in [9.17, 15) is 10.2 Å². The van der Waals surface area contributed by atoms with Crippen molar-refractivity contribution in [1.29, 1.82) is 0 Å². The molecule has 0 amide bonds. The Balaban J connectivity index is 3.28. The van der Waals surface area contributed by atoms with Crippen LogP contribution in [0, 0.1) is 0 Å². The lowest BCUT2D eigenvalue weighted by molar-refractivity contribution is -0.170. The minimum atomic E-state index is -1.95. The minimum absolute atomic E-state index is 0.135. The lowest BCUT2D eigenvalue weighted by Crippen LogP contribution is -2.24. The van der Waals surface area contributed by atoms with Gasteiger partial charge in [0.05, 0.1) is 10.0 Å². The Morgan fingerprint density at radius 1 is 1.23 bits per heavy atom. The third-order valence-electron chi connectivity index (χ3n) is 1.86. The Labute approximate surface area is 86.7 Å². The average Bonchev–Trinajstić information content (AvgIpc) is 2.03. The summed E-state index contributed by atoms with van der Waals surface area (Å²) in [5, 5.41) is 19.6. The first kappa shape index (κ1) is 10.8. The molecule has 4 heteroatoms. The standard InChI is InChI=1S/C9H10Cl2O2/c1-2-9(12,13)8-6(10)4-3-5-7(8)11/h3-5,12-13H,2H2,1H3. The van der Waals surface area contributed by atoms with E-state index in [-0.39, 0.29) is 22.0 Å². The summed E-state index contributed by atoms with van der Waals surface area (Å²) < 4.78 is 0.